The summed E-state index contributed by atoms with van der Waals surface area (Å²) >= 11 is 0. The van der Waals surface area contributed by atoms with E-state index in [2.05, 4.69) is 15.2 Å². The van der Waals surface area contributed by atoms with Gasteiger partial charge in [-0.25, -0.2) is 18.4 Å². The molecule has 2 heterocycles. The van der Waals surface area contributed by atoms with Crippen molar-refractivity contribution in [2.75, 3.05) is 0 Å². The van der Waals surface area contributed by atoms with Gasteiger partial charge in [0, 0.05) is 35.5 Å². The number of nitro groups is 1. The molecule has 164 valence electrons. The quantitative estimate of drug-likeness (QED) is 0.348. The fourth-order valence-electron chi connectivity index (χ4n) is 3.56. The molecule has 0 radical (unpaired) electrons. The van der Waals surface area contributed by atoms with E-state index in [1.165, 1.54) is 46.4 Å². The minimum Gasteiger partial charge on any atom is -0.381 e. The fraction of sp³-hybridized carbons (Fsp3) is 0.190. The number of hydrogen-bond donors (Lipinski definition) is 1. The maximum atomic E-state index is 14.7. The van der Waals surface area contributed by atoms with Gasteiger partial charge in [-0.1, -0.05) is 18.2 Å². The number of nitrogens with zero attached hydrogens (tertiary/aromatic N) is 6. The van der Waals surface area contributed by atoms with Gasteiger partial charge in [-0.15, -0.1) is 0 Å². The molecule has 0 amide bonds. The van der Waals surface area contributed by atoms with E-state index in [9.17, 15) is 24.0 Å². The number of hydrogen-bond acceptors (Lipinski definition) is 6. The van der Waals surface area contributed by atoms with Crippen molar-refractivity contribution in [2.24, 2.45) is 0 Å². The van der Waals surface area contributed by atoms with Gasteiger partial charge < -0.3 is 5.11 Å². The van der Waals surface area contributed by atoms with Crippen molar-refractivity contribution in [3.8, 4) is 11.1 Å². The van der Waals surface area contributed by atoms with Crippen molar-refractivity contribution in [2.45, 2.75) is 25.1 Å². The predicted octanol–water partition coefficient (Wildman–Crippen LogP) is 3.48. The van der Waals surface area contributed by atoms with Crippen LogP contribution in [-0.4, -0.2) is 34.6 Å². The van der Waals surface area contributed by atoms with Gasteiger partial charge in [-0.05, 0) is 18.6 Å². The first-order valence-corrected chi connectivity index (χ1v) is 9.57. The van der Waals surface area contributed by atoms with E-state index in [4.69, 9.17) is 0 Å². The number of aromatic nitrogens is 5. The van der Waals surface area contributed by atoms with Crippen molar-refractivity contribution < 1.29 is 18.8 Å². The second-order valence-electron chi connectivity index (χ2n) is 7.33. The summed E-state index contributed by atoms with van der Waals surface area (Å²) < 4.78 is 31.0. The number of benzene rings is 2. The van der Waals surface area contributed by atoms with Crippen LogP contribution in [0, 0.1) is 21.7 Å². The van der Waals surface area contributed by atoms with Crippen LogP contribution in [0.15, 0.2) is 67.5 Å². The van der Waals surface area contributed by atoms with E-state index < -0.39 is 28.2 Å². The molecule has 2 aromatic carbocycles. The number of rotatable bonds is 7. The van der Waals surface area contributed by atoms with E-state index in [1.54, 1.807) is 25.3 Å². The van der Waals surface area contributed by atoms with Crippen LogP contribution in [0.25, 0.3) is 11.1 Å². The topological polar surface area (TPSA) is 112 Å². The zero-order chi connectivity index (χ0) is 22.9. The molecule has 0 unspecified atom stereocenters. The third-order valence-electron chi connectivity index (χ3n) is 5.35. The first-order valence-electron chi connectivity index (χ1n) is 9.57. The van der Waals surface area contributed by atoms with Gasteiger partial charge in [-0.2, -0.15) is 10.2 Å². The molecule has 11 heteroatoms. The lowest BCUT2D eigenvalue weighted by Crippen LogP contribution is -2.40. The second kappa shape index (κ2) is 8.27. The smallest absolute Gasteiger partial charge is 0.270 e. The van der Waals surface area contributed by atoms with E-state index in [0.717, 1.165) is 6.07 Å². The molecule has 4 rings (SSSR count). The maximum Gasteiger partial charge on any atom is 0.270 e. The molecule has 0 aliphatic carbocycles. The predicted molar refractivity (Wildman–Crippen MR) is 109 cm³/mol. The second-order valence-corrected chi connectivity index (χ2v) is 7.33. The summed E-state index contributed by atoms with van der Waals surface area (Å²) in [5.74, 6) is -1.68. The number of nitro benzene ring substituents is 1. The summed E-state index contributed by atoms with van der Waals surface area (Å²) in [6.07, 6.45) is 5.74. The third-order valence-corrected chi connectivity index (χ3v) is 5.35. The lowest BCUT2D eigenvalue weighted by atomic mass is 9.86. The minimum absolute atomic E-state index is 0.0700. The Labute approximate surface area is 180 Å². The minimum atomic E-state index is -1.88. The highest BCUT2D eigenvalue weighted by molar-refractivity contribution is 5.64. The molecular formula is C21H18F2N6O3. The maximum absolute atomic E-state index is 14.7. The van der Waals surface area contributed by atoms with Gasteiger partial charge in [0.1, 0.15) is 29.9 Å². The first kappa shape index (κ1) is 21.2. The van der Waals surface area contributed by atoms with E-state index in [1.807, 2.05) is 0 Å². The van der Waals surface area contributed by atoms with Crippen LogP contribution in [0.1, 0.15) is 18.5 Å². The third kappa shape index (κ3) is 3.97. The molecule has 2 atom stereocenters. The monoisotopic (exact) mass is 440 g/mol. The van der Waals surface area contributed by atoms with Crippen LogP contribution in [-0.2, 0) is 12.1 Å². The Kier molecular flexibility index (Phi) is 5.49. The largest absolute Gasteiger partial charge is 0.381 e. The number of aliphatic hydroxyl groups is 1. The summed E-state index contributed by atoms with van der Waals surface area (Å²) in [7, 11) is 0. The number of halogens is 2. The van der Waals surface area contributed by atoms with Crippen molar-refractivity contribution in [3.05, 3.63) is 94.8 Å². The van der Waals surface area contributed by atoms with Gasteiger partial charge >= 0.3 is 0 Å². The average Bonchev–Trinajstić information content (AvgIpc) is 3.45. The standard InChI is InChI=1S/C21H18F2N6O3/c1-14(28-10-16(9-25-28)15-3-2-4-18(7-15)29(31)32)21(30,11-27-13-24-12-26-27)19-6-5-17(22)8-20(19)23/h2-10,12-14,30H,11H2,1H3/t14-,21-/m1/s1. The Morgan fingerprint density at radius 2 is 2.00 bits per heavy atom. The van der Waals surface area contributed by atoms with E-state index in [0.29, 0.717) is 17.2 Å². The SMILES string of the molecule is C[C@@H](n1cc(-c2cccc([N+](=O)[O-])c2)cn1)[C@](O)(Cn1cncn1)c1ccc(F)cc1F. The molecule has 0 aliphatic heterocycles. The molecule has 0 saturated heterocycles. The Morgan fingerprint density at radius 3 is 2.69 bits per heavy atom. The molecular weight excluding hydrogens is 422 g/mol. The van der Waals surface area contributed by atoms with Crippen LogP contribution in [0.4, 0.5) is 14.5 Å². The molecule has 1 N–H and O–H groups in total. The molecule has 2 aromatic heterocycles. The molecule has 32 heavy (non-hydrogen) atoms. The molecule has 4 aromatic rings. The van der Waals surface area contributed by atoms with E-state index in [-0.39, 0.29) is 17.8 Å². The van der Waals surface area contributed by atoms with Gasteiger partial charge in [0.15, 0.2) is 0 Å². The molecule has 0 saturated carbocycles. The Morgan fingerprint density at radius 1 is 1.19 bits per heavy atom. The van der Waals surface area contributed by atoms with Gasteiger partial charge in [0.25, 0.3) is 5.69 Å². The van der Waals surface area contributed by atoms with Crippen LogP contribution in [0.2, 0.25) is 0 Å². The van der Waals surface area contributed by atoms with Gasteiger partial charge in [-0.3, -0.25) is 14.8 Å². The lowest BCUT2D eigenvalue weighted by Gasteiger charge is -2.34. The van der Waals surface area contributed by atoms with Crippen LogP contribution >= 0.6 is 0 Å². The molecule has 9 nitrogen and oxygen atoms in total. The van der Waals surface area contributed by atoms with Crippen molar-refractivity contribution in [1.82, 2.24) is 24.5 Å². The lowest BCUT2D eigenvalue weighted by molar-refractivity contribution is -0.384. The molecule has 0 bridgehead atoms. The zero-order valence-electron chi connectivity index (χ0n) is 16.8. The van der Waals surface area contributed by atoms with Crippen molar-refractivity contribution in [3.63, 3.8) is 0 Å². The summed E-state index contributed by atoms with van der Waals surface area (Å²) in [6, 6.07) is 8.16. The normalized spacial score (nSPS) is 14.1. The number of non-ortho nitro benzene ring substituents is 1. The van der Waals surface area contributed by atoms with Crippen molar-refractivity contribution in [1.29, 1.82) is 0 Å². The molecule has 0 spiro atoms. The van der Waals surface area contributed by atoms with Crippen LogP contribution in [0.5, 0.6) is 0 Å². The molecule has 0 fully saturated rings. The zero-order valence-corrected chi connectivity index (χ0v) is 16.8. The summed E-state index contributed by atoms with van der Waals surface area (Å²) in [4.78, 5) is 14.4. The highest BCUT2D eigenvalue weighted by Crippen LogP contribution is 2.37. The summed E-state index contributed by atoms with van der Waals surface area (Å²) in [6.45, 7) is 1.45. The Bertz CT molecular complexity index is 1260. The summed E-state index contributed by atoms with van der Waals surface area (Å²) in [5, 5.41) is 31.0. The van der Waals surface area contributed by atoms with Gasteiger partial charge in [0.05, 0.1) is 23.7 Å². The highest BCUT2D eigenvalue weighted by atomic mass is 19.1. The van der Waals surface area contributed by atoms with Crippen molar-refractivity contribution >= 4 is 5.69 Å². The van der Waals surface area contributed by atoms with Gasteiger partial charge in [0.2, 0.25) is 0 Å². The summed E-state index contributed by atoms with van der Waals surface area (Å²) in [5.41, 5.74) is -0.945. The average molecular weight is 440 g/mol. The molecule has 0 aliphatic rings. The van der Waals surface area contributed by atoms with Crippen LogP contribution < -0.4 is 0 Å². The fourth-order valence-corrected chi connectivity index (χ4v) is 3.56. The van der Waals surface area contributed by atoms with E-state index >= 15 is 0 Å². The Balaban J connectivity index is 1.74. The first-order chi connectivity index (χ1) is 15.3. The van der Waals surface area contributed by atoms with Crippen LogP contribution in [0.3, 0.4) is 0 Å². The Hall–Kier alpha value is -3.99. The highest BCUT2D eigenvalue weighted by Gasteiger charge is 2.40.